The molecule has 39 heavy (non-hydrogen) atoms. The van der Waals surface area contributed by atoms with Crippen molar-refractivity contribution in [2.24, 2.45) is 0 Å². The fourth-order valence-electron chi connectivity index (χ4n) is 5.70. The van der Waals surface area contributed by atoms with E-state index >= 15 is 0 Å². The van der Waals surface area contributed by atoms with Gasteiger partial charge < -0.3 is 15.1 Å². The number of nitrogens with zero attached hydrogens (tertiary/aromatic N) is 4. The molecule has 5 heterocycles. The highest BCUT2D eigenvalue weighted by Gasteiger charge is 2.24. The predicted octanol–water partition coefficient (Wildman–Crippen LogP) is 5.67. The number of aromatic nitrogens is 2. The monoisotopic (exact) mass is 527 g/mol. The lowest BCUT2D eigenvalue weighted by molar-refractivity contribution is 0.0787. The molecule has 0 aliphatic carbocycles. The first-order chi connectivity index (χ1) is 19.0. The first-order valence-corrected chi connectivity index (χ1v) is 13.6. The molecule has 0 atom stereocenters. The van der Waals surface area contributed by atoms with Crippen LogP contribution < -0.4 is 10.2 Å². The molecule has 4 aromatic rings. The van der Waals surface area contributed by atoms with E-state index in [1.807, 2.05) is 37.4 Å². The van der Waals surface area contributed by atoms with Crippen LogP contribution in [0.15, 0.2) is 60.8 Å². The van der Waals surface area contributed by atoms with Gasteiger partial charge in [0, 0.05) is 61.5 Å². The van der Waals surface area contributed by atoms with E-state index in [-0.39, 0.29) is 5.91 Å². The van der Waals surface area contributed by atoms with Gasteiger partial charge in [0.05, 0.1) is 16.9 Å². The minimum absolute atomic E-state index is 0.102. The number of rotatable bonds is 1. The van der Waals surface area contributed by atoms with Crippen LogP contribution in [-0.4, -0.2) is 60.0 Å². The highest BCUT2D eigenvalue weighted by atomic mass is 19.1. The standard InChI is InChI=1S/C31H31F2N5O/c1-37-12-3-2-11-34-24-9-13-38(14-10-24)30-25-17-20(27-5-4-6-29(36-27)31(37)39)7-8-28(25)35-19-26(30)21-15-22(32)18-23(33)16-21/h4-8,15-19,24,34H,2-3,9-14H2,1H3. The van der Waals surface area contributed by atoms with Crippen LogP contribution in [0, 0.1) is 11.6 Å². The fraction of sp³-hybridized carbons (Fsp3) is 0.323. The maximum Gasteiger partial charge on any atom is 0.272 e. The first kappa shape index (κ1) is 25.4. The molecule has 0 saturated carbocycles. The topological polar surface area (TPSA) is 61.4 Å². The van der Waals surface area contributed by atoms with Crippen LogP contribution >= 0.6 is 0 Å². The van der Waals surface area contributed by atoms with Crippen molar-refractivity contribution < 1.29 is 13.6 Å². The Hall–Kier alpha value is -3.91. The Morgan fingerprint density at radius 2 is 1.67 bits per heavy atom. The number of hydrogen-bond donors (Lipinski definition) is 1. The summed E-state index contributed by atoms with van der Waals surface area (Å²) in [6.45, 7) is 3.21. The van der Waals surface area contributed by atoms with Crippen molar-refractivity contribution in [2.75, 3.05) is 38.1 Å². The van der Waals surface area contributed by atoms with Crippen LogP contribution in [0.3, 0.4) is 0 Å². The van der Waals surface area contributed by atoms with Gasteiger partial charge in [-0.1, -0.05) is 12.1 Å². The molecule has 3 aliphatic rings. The third-order valence-electron chi connectivity index (χ3n) is 7.79. The van der Waals surface area contributed by atoms with E-state index < -0.39 is 11.6 Å². The summed E-state index contributed by atoms with van der Waals surface area (Å²) in [6.07, 6.45) is 5.54. The summed E-state index contributed by atoms with van der Waals surface area (Å²) in [5, 5.41) is 4.57. The molecule has 0 radical (unpaired) electrons. The lowest BCUT2D eigenvalue weighted by Crippen LogP contribution is -2.43. The Kier molecular flexibility index (Phi) is 6.95. The number of anilines is 1. The molecule has 1 N–H and O–H groups in total. The Morgan fingerprint density at radius 1 is 0.897 bits per heavy atom. The van der Waals surface area contributed by atoms with Gasteiger partial charge in [-0.15, -0.1) is 0 Å². The number of nitrogens with one attached hydrogen (secondary N) is 1. The number of fused-ring (bicyclic) bond motifs is 8. The number of hydrogen-bond acceptors (Lipinski definition) is 5. The first-order valence-electron chi connectivity index (χ1n) is 13.6. The SMILES string of the molecule is CN1CCCCNC2CCN(CC2)c2c(-c3cc(F)cc(F)c3)cnc3ccc(cc23)-c2cccc(n2)C1=O. The average Bonchev–Trinajstić information content (AvgIpc) is 2.95. The molecule has 8 heteroatoms. The van der Waals surface area contributed by atoms with Crippen LogP contribution in [0.2, 0.25) is 0 Å². The van der Waals surface area contributed by atoms with Crippen molar-refractivity contribution in [3.63, 3.8) is 0 Å². The zero-order valence-electron chi connectivity index (χ0n) is 22.0. The van der Waals surface area contributed by atoms with Gasteiger partial charge in [0.1, 0.15) is 17.3 Å². The van der Waals surface area contributed by atoms with Gasteiger partial charge in [0.2, 0.25) is 0 Å². The molecule has 0 spiro atoms. The van der Waals surface area contributed by atoms with Crippen molar-refractivity contribution >= 4 is 22.5 Å². The Bertz CT molecular complexity index is 1510. The third kappa shape index (κ3) is 5.21. The highest BCUT2D eigenvalue weighted by molar-refractivity contribution is 6.01. The van der Waals surface area contributed by atoms with Crippen molar-refractivity contribution in [1.82, 2.24) is 20.2 Å². The number of carbonyl (C=O) groups is 1. The van der Waals surface area contributed by atoms with Gasteiger partial charge >= 0.3 is 0 Å². The normalized spacial score (nSPS) is 17.1. The molecular weight excluding hydrogens is 496 g/mol. The smallest absolute Gasteiger partial charge is 0.272 e. The summed E-state index contributed by atoms with van der Waals surface area (Å²) >= 11 is 0. The Labute approximate surface area is 226 Å². The maximum atomic E-state index is 14.3. The lowest BCUT2D eigenvalue weighted by atomic mass is 9.96. The third-order valence-corrected chi connectivity index (χ3v) is 7.79. The fourth-order valence-corrected chi connectivity index (χ4v) is 5.70. The van der Waals surface area contributed by atoms with Gasteiger partial charge in [0.15, 0.2) is 0 Å². The molecule has 1 saturated heterocycles. The molecule has 2 aromatic heterocycles. The van der Waals surface area contributed by atoms with Gasteiger partial charge in [-0.2, -0.15) is 0 Å². The number of piperidine rings is 1. The minimum Gasteiger partial charge on any atom is -0.370 e. The Balaban J connectivity index is 1.53. The number of halogens is 2. The molecule has 7 rings (SSSR count). The summed E-state index contributed by atoms with van der Waals surface area (Å²) in [7, 11) is 1.82. The zero-order chi connectivity index (χ0) is 26.9. The van der Waals surface area contributed by atoms with E-state index in [4.69, 9.17) is 4.98 Å². The molecule has 6 nitrogen and oxygen atoms in total. The molecule has 200 valence electrons. The molecular formula is C31H31F2N5O. The zero-order valence-corrected chi connectivity index (χ0v) is 22.0. The van der Waals surface area contributed by atoms with Gasteiger partial charge in [0.25, 0.3) is 5.91 Å². The van der Waals surface area contributed by atoms with Gasteiger partial charge in [-0.25, -0.2) is 13.8 Å². The van der Waals surface area contributed by atoms with Crippen LogP contribution in [0.4, 0.5) is 14.5 Å². The minimum atomic E-state index is -0.621. The number of benzene rings is 2. The summed E-state index contributed by atoms with van der Waals surface area (Å²) in [5.74, 6) is -1.34. The maximum absolute atomic E-state index is 14.3. The second-order valence-corrected chi connectivity index (χ2v) is 10.5. The van der Waals surface area contributed by atoms with Crippen LogP contribution in [0.25, 0.3) is 33.3 Å². The largest absolute Gasteiger partial charge is 0.370 e. The highest BCUT2D eigenvalue weighted by Crippen LogP contribution is 2.39. The van der Waals surface area contributed by atoms with E-state index in [9.17, 15) is 13.6 Å². The number of amides is 1. The molecule has 3 aliphatic heterocycles. The van der Waals surface area contributed by atoms with Crippen molar-refractivity contribution in [3.05, 3.63) is 78.1 Å². The van der Waals surface area contributed by atoms with E-state index in [2.05, 4.69) is 15.2 Å². The number of pyridine rings is 2. The van der Waals surface area contributed by atoms with Crippen molar-refractivity contribution in [3.8, 4) is 22.4 Å². The van der Waals surface area contributed by atoms with Crippen molar-refractivity contribution in [1.29, 1.82) is 0 Å². The lowest BCUT2D eigenvalue weighted by Gasteiger charge is -2.36. The van der Waals surface area contributed by atoms with Gasteiger partial charge in [-0.3, -0.25) is 9.78 Å². The summed E-state index contributed by atoms with van der Waals surface area (Å²) in [4.78, 5) is 26.5. The second-order valence-electron chi connectivity index (χ2n) is 10.5. The summed E-state index contributed by atoms with van der Waals surface area (Å²) in [6, 6.07) is 15.4. The van der Waals surface area contributed by atoms with Gasteiger partial charge in [-0.05, 0) is 74.2 Å². The van der Waals surface area contributed by atoms with E-state index in [0.717, 1.165) is 73.5 Å². The molecule has 6 bridgehead atoms. The number of carbonyl (C=O) groups excluding carboxylic acids is 1. The molecule has 1 fully saturated rings. The predicted molar refractivity (Wildman–Crippen MR) is 150 cm³/mol. The van der Waals surface area contributed by atoms with Crippen LogP contribution in [0.1, 0.15) is 36.2 Å². The average molecular weight is 528 g/mol. The molecule has 0 unspecified atom stereocenters. The second kappa shape index (κ2) is 10.7. The quantitative estimate of drug-likeness (QED) is 0.346. The van der Waals surface area contributed by atoms with Crippen molar-refractivity contribution in [2.45, 2.75) is 31.7 Å². The molecule has 1 amide bonds. The van der Waals surface area contributed by atoms with E-state index in [0.29, 0.717) is 35.1 Å². The van der Waals surface area contributed by atoms with E-state index in [1.165, 1.54) is 12.1 Å². The summed E-state index contributed by atoms with van der Waals surface area (Å²) in [5.41, 5.74) is 4.79. The van der Waals surface area contributed by atoms with E-state index in [1.54, 1.807) is 17.2 Å². The van der Waals surface area contributed by atoms with Crippen LogP contribution in [0.5, 0.6) is 0 Å². The molecule has 2 aromatic carbocycles. The van der Waals surface area contributed by atoms with Crippen LogP contribution in [-0.2, 0) is 0 Å². The Morgan fingerprint density at radius 3 is 2.46 bits per heavy atom. The summed E-state index contributed by atoms with van der Waals surface area (Å²) < 4.78 is 28.6.